The molecule has 0 atom stereocenters. The Labute approximate surface area is 350 Å². The van der Waals surface area contributed by atoms with Gasteiger partial charge in [-0.05, 0) is 131 Å². The van der Waals surface area contributed by atoms with E-state index < -0.39 is 0 Å². The molecule has 2 aromatic heterocycles. The average Bonchev–Trinajstić information content (AvgIpc) is 3.89. The van der Waals surface area contributed by atoms with Crippen molar-refractivity contribution in [1.82, 2.24) is 9.13 Å². The molecule has 8 aromatic carbocycles. The maximum atomic E-state index is 3.59. The zero-order valence-corrected chi connectivity index (χ0v) is 33.6. The molecule has 10 aromatic rings. The highest BCUT2D eigenvalue weighted by molar-refractivity contribution is 6.13. The van der Waals surface area contributed by atoms with Crippen molar-refractivity contribution in [3.63, 3.8) is 0 Å². The van der Waals surface area contributed by atoms with Crippen LogP contribution in [0.2, 0.25) is 0 Å². The van der Waals surface area contributed by atoms with Gasteiger partial charge in [0.05, 0.1) is 27.8 Å². The zero-order valence-electron chi connectivity index (χ0n) is 33.6. The quantitative estimate of drug-likeness (QED) is 0.179. The van der Waals surface area contributed by atoms with E-state index in [-0.39, 0.29) is 5.41 Å². The third kappa shape index (κ3) is 5.24. The van der Waals surface area contributed by atoms with E-state index in [2.05, 4.69) is 204 Å². The number of aromatic nitrogens is 2. The van der Waals surface area contributed by atoms with E-state index in [1.54, 1.807) is 0 Å². The minimum atomic E-state index is -0.0643. The van der Waals surface area contributed by atoms with Gasteiger partial charge >= 0.3 is 0 Å². The number of para-hydroxylation sites is 3. The first-order valence-electron chi connectivity index (χ1n) is 21.0. The van der Waals surface area contributed by atoms with Gasteiger partial charge in [-0.15, -0.1) is 0 Å². The fourth-order valence-corrected chi connectivity index (χ4v) is 10.2. The van der Waals surface area contributed by atoms with Crippen molar-refractivity contribution in [2.24, 2.45) is 0 Å². The molecule has 0 bridgehead atoms. The first-order chi connectivity index (χ1) is 29.5. The number of anilines is 2. The van der Waals surface area contributed by atoms with Gasteiger partial charge in [0.25, 0.3) is 0 Å². The summed E-state index contributed by atoms with van der Waals surface area (Å²) >= 11 is 0. The second-order valence-corrected chi connectivity index (χ2v) is 16.8. The Balaban J connectivity index is 0.953. The molecule has 284 valence electrons. The Morgan fingerprint density at radius 1 is 0.533 bits per heavy atom. The van der Waals surface area contributed by atoms with Crippen molar-refractivity contribution >= 4 is 66.3 Å². The number of nitrogens with zero attached hydrogens (tertiary/aromatic N) is 2. The lowest BCUT2D eigenvalue weighted by atomic mass is 9.82. The number of fused-ring (bicyclic) bond motifs is 9. The van der Waals surface area contributed by atoms with Crippen LogP contribution in [0.4, 0.5) is 11.4 Å². The molecule has 3 heteroatoms. The summed E-state index contributed by atoms with van der Waals surface area (Å²) in [5, 5.41) is 8.63. The van der Waals surface area contributed by atoms with Crippen LogP contribution >= 0.6 is 0 Å². The molecule has 3 nitrogen and oxygen atoms in total. The summed E-state index contributed by atoms with van der Waals surface area (Å²) in [6.45, 7) is 4.72. The van der Waals surface area contributed by atoms with Crippen molar-refractivity contribution in [2.75, 3.05) is 5.32 Å². The highest BCUT2D eigenvalue weighted by atomic mass is 15.0. The third-order valence-corrected chi connectivity index (χ3v) is 13.0. The van der Waals surface area contributed by atoms with Crippen molar-refractivity contribution in [2.45, 2.75) is 32.1 Å². The van der Waals surface area contributed by atoms with E-state index in [1.165, 1.54) is 99.5 Å². The number of hydrogen-bond acceptors (Lipinski definition) is 1. The summed E-state index contributed by atoms with van der Waals surface area (Å²) in [4.78, 5) is 0. The van der Waals surface area contributed by atoms with Crippen molar-refractivity contribution in [3.8, 4) is 27.9 Å². The largest absolute Gasteiger partial charge is 0.348 e. The van der Waals surface area contributed by atoms with E-state index >= 15 is 0 Å². The Hall–Kier alpha value is -7.54. The molecule has 0 radical (unpaired) electrons. The molecule has 0 saturated heterocycles. The number of hydrogen-bond donors (Lipinski definition) is 1. The first kappa shape index (κ1) is 34.5. The lowest BCUT2D eigenvalue weighted by molar-refractivity contribution is 0.660. The third-order valence-electron chi connectivity index (χ3n) is 13.0. The maximum Gasteiger partial charge on any atom is 0.0901 e. The molecule has 2 aliphatic rings. The Kier molecular flexibility index (Phi) is 7.62. The molecule has 0 aliphatic heterocycles. The van der Waals surface area contributed by atoms with Gasteiger partial charge in [0.15, 0.2) is 0 Å². The molecule has 0 saturated carbocycles. The number of allylic oxidation sites excluding steroid dienone is 4. The smallest absolute Gasteiger partial charge is 0.0901 e. The van der Waals surface area contributed by atoms with Crippen LogP contribution in [0, 0.1) is 12.1 Å². The fourth-order valence-electron chi connectivity index (χ4n) is 10.2. The van der Waals surface area contributed by atoms with Crippen LogP contribution in [0.3, 0.4) is 0 Å². The standard InChI is InChI=1S/C57H41N3/c1-57(2)50-23-10-6-20-44(50)45-30-29-42(36-51(45)57)60-54-26-13-9-22-47(54)49-35-38(28-32-56(49)60)37-27-31-55-48(34-37)46-21-8-12-25-53(46)59(55)41-18-14-15-39(33-41)43-19-7-11-24-52(43)58-40-16-4-3-5-17-40/h3-4,6-13,16,18-36,58H,14-15H2,1-2H3. The van der Waals surface area contributed by atoms with Crippen LogP contribution in [-0.4, -0.2) is 9.13 Å². The fraction of sp³-hybridized carbons (Fsp3) is 0.0877. The molecule has 2 aliphatic carbocycles. The molecular formula is C57H41N3. The van der Waals surface area contributed by atoms with Gasteiger partial charge in [-0.3, -0.25) is 0 Å². The predicted molar refractivity (Wildman–Crippen MR) is 252 cm³/mol. The monoisotopic (exact) mass is 767 g/mol. The van der Waals surface area contributed by atoms with E-state index in [4.69, 9.17) is 0 Å². The van der Waals surface area contributed by atoms with Crippen LogP contribution in [0.25, 0.3) is 82.8 Å². The van der Waals surface area contributed by atoms with Crippen LogP contribution in [0.5, 0.6) is 0 Å². The van der Waals surface area contributed by atoms with Crippen LogP contribution < -0.4 is 5.32 Å². The number of nitrogens with one attached hydrogen (secondary N) is 1. The van der Waals surface area contributed by atoms with Gasteiger partial charge in [0, 0.05) is 49.6 Å². The molecule has 1 N–H and O–H groups in total. The molecule has 0 spiro atoms. The van der Waals surface area contributed by atoms with E-state index in [9.17, 15) is 0 Å². The topological polar surface area (TPSA) is 21.9 Å². The molecule has 0 fully saturated rings. The first-order valence-corrected chi connectivity index (χ1v) is 21.0. The summed E-state index contributed by atoms with van der Waals surface area (Å²) < 4.78 is 4.91. The highest BCUT2D eigenvalue weighted by Crippen LogP contribution is 2.50. The van der Waals surface area contributed by atoms with E-state index in [0.717, 1.165) is 24.2 Å². The summed E-state index contributed by atoms with van der Waals surface area (Å²) in [6, 6.07) is 68.5. The van der Waals surface area contributed by atoms with Crippen molar-refractivity contribution in [3.05, 3.63) is 211 Å². The molecule has 12 rings (SSSR count). The molecular weight excluding hydrogens is 727 g/mol. The Bertz CT molecular complexity index is 3430. The van der Waals surface area contributed by atoms with Crippen LogP contribution in [0.1, 0.15) is 43.4 Å². The second-order valence-electron chi connectivity index (χ2n) is 16.8. The van der Waals surface area contributed by atoms with Crippen molar-refractivity contribution in [1.29, 1.82) is 0 Å². The molecule has 60 heavy (non-hydrogen) atoms. The van der Waals surface area contributed by atoms with Gasteiger partial charge in [0.2, 0.25) is 0 Å². The molecule has 0 unspecified atom stereocenters. The Morgan fingerprint density at radius 3 is 1.92 bits per heavy atom. The summed E-state index contributed by atoms with van der Waals surface area (Å²) in [5.41, 5.74) is 19.6. The van der Waals surface area contributed by atoms with Gasteiger partial charge < -0.3 is 14.5 Å². The summed E-state index contributed by atoms with van der Waals surface area (Å²) in [7, 11) is 0. The Morgan fingerprint density at radius 2 is 1.17 bits per heavy atom. The van der Waals surface area contributed by atoms with Crippen LogP contribution in [0.15, 0.2) is 182 Å². The van der Waals surface area contributed by atoms with Crippen LogP contribution in [-0.2, 0) is 5.41 Å². The van der Waals surface area contributed by atoms with Crippen molar-refractivity contribution < 1.29 is 0 Å². The van der Waals surface area contributed by atoms with Gasteiger partial charge in [-0.1, -0.05) is 129 Å². The van der Waals surface area contributed by atoms with Gasteiger partial charge in [-0.25, -0.2) is 0 Å². The number of benzene rings is 7. The second kappa shape index (κ2) is 13.2. The van der Waals surface area contributed by atoms with E-state index in [1.807, 2.05) is 18.2 Å². The lowest BCUT2D eigenvalue weighted by Crippen LogP contribution is -2.15. The summed E-state index contributed by atoms with van der Waals surface area (Å²) in [5.74, 6) is 0. The van der Waals surface area contributed by atoms with Gasteiger partial charge in [-0.2, -0.15) is 0 Å². The maximum absolute atomic E-state index is 3.59. The van der Waals surface area contributed by atoms with E-state index in [0.29, 0.717) is 0 Å². The average molecular weight is 768 g/mol. The predicted octanol–water partition coefficient (Wildman–Crippen LogP) is 14.9. The molecule has 0 amide bonds. The van der Waals surface area contributed by atoms with Gasteiger partial charge in [0.1, 0.15) is 0 Å². The normalized spacial score (nSPS) is 14.2. The minimum Gasteiger partial charge on any atom is -0.348 e. The molecule has 2 heterocycles. The summed E-state index contributed by atoms with van der Waals surface area (Å²) in [6.07, 6.45) is 6.72. The SMILES string of the molecule is CC1(C)c2ccccc2-c2ccc(-n3c4ccccc4c4cc(-c5ccc6c(c5)c5ccccc5n6C5=CCCC(c6ccccc6Nc6c#cccc6)=C5)ccc43)cc21. The zero-order chi connectivity index (χ0) is 40.0. The lowest BCUT2D eigenvalue weighted by Gasteiger charge is -2.22. The minimum absolute atomic E-state index is 0.0643. The number of rotatable bonds is 6. The highest BCUT2D eigenvalue weighted by Gasteiger charge is 2.35.